The minimum absolute atomic E-state index is 0.132. The van der Waals surface area contributed by atoms with E-state index in [0.29, 0.717) is 5.02 Å². The van der Waals surface area contributed by atoms with Crippen LogP contribution < -0.4 is 10.2 Å². The Bertz CT molecular complexity index is 923. The average molecular weight is 418 g/mol. The molecular weight excluding hydrogens is 410 g/mol. The molecule has 0 saturated heterocycles. The fourth-order valence-electron chi connectivity index (χ4n) is 2.26. The van der Waals surface area contributed by atoms with Gasteiger partial charge in [-0.25, -0.2) is 4.90 Å². The summed E-state index contributed by atoms with van der Waals surface area (Å²) in [6.45, 7) is 0. The Balaban J connectivity index is 1.98. The number of rotatable bonds is 3. The molecule has 0 atom stereocenters. The number of amides is 2. The molecule has 2 aromatic rings. The van der Waals surface area contributed by atoms with E-state index in [0.717, 1.165) is 4.90 Å². The zero-order valence-electron chi connectivity index (χ0n) is 12.2. The van der Waals surface area contributed by atoms with Crippen molar-refractivity contribution in [3.05, 3.63) is 62.2 Å². The summed E-state index contributed by atoms with van der Waals surface area (Å²) < 4.78 is 0. The van der Waals surface area contributed by atoms with E-state index in [2.05, 4.69) is 5.32 Å². The average Bonchev–Trinajstić information content (AvgIpc) is 2.73. The van der Waals surface area contributed by atoms with Gasteiger partial charge < -0.3 is 10.4 Å². The Hall–Kier alpha value is -1.92. The highest BCUT2D eigenvalue weighted by Crippen LogP contribution is 2.35. The minimum atomic E-state index is -0.742. The van der Waals surface area contributed by atoms with E-state index in [9.17, 15) is 14.7 Å². The number of hydrogen-bond acceptors (Lipinski definition) is 4. The van der Waals surface area contributed by atoms with Gasteiger partial charge in [0.1, 0.15) is 16.5 Å². The topological polar surface area (TPSA) is 69.6 Å². The minimum Gasteiger partial charge on any atom is -0.506 e. The summed E-state index contributed by atoms with van der Waals surface area (Å²) in [5.74, 6) is -1.62. The molecule has 2 amide bonds. The van der Waals surface area contributed by atoms with Crippen LogP contribution in [0, 0.1) is 0 Å². The predicted molar refractivity (Wildman–Crippen MR) is 98.6 cm³/mol. The molecule has 5 nitrogen and oxygen atoms in total. The highest BCUT2D eigenvalue weighted by Gasteiger charge is 2.39. The molecule has 0 fully saturated rings. The second-order valence-electron chi connectivity index (χ2n) is 5.05. The molecule has 0 spiro atoms. The number of hydrogen-bond donors (Lipinski definition) is 2. The van der Waals surface area contributed by atoms with Gasteiger partial charge >= 0.3 is 0 Å². The van der Waals surface area contributed by atoms with Crippen molar-refractivity contribution in [1.29, 1.82) is 0 Å². The van der Waals surface area contributed by atoms with Crippen LogP contribution in [0.4, 0.5) is 11.4 Å². The standard InChI is InChI=1S/C16H8Cl4N2O3/c17-7-1-2-12(23)11(6-7)21-14-13(20)15(24)22(16(14)25)10-4-8(18)3-9(19)5-10/h1-6,21,23H. The van der Waals surface area contributed by atoms with Gasteiger partial charge in [-0.1, -0.05) is 46.4 Å². The quantitative estimate of drug-likeness (QED) is 0.556. The molecule has 0 unspecified atom stereocenters. The summed E-state index contributed by atoms with van der Waals surface area (Å²) in [5.41, 5.74) is 0.117. The lowest BCUT2D eigenvalue weighted by Crippen LogP contribution is -2.32. The molecule has 9 heteroatoms. The molecule has 1 aliphatic heterocycles. The predicted octanol–water partition coefficient (Wildman–Crippen LogP) is 4.79. The van der Waals surface area contributed by atoms with Crippen molar-refractivity contribution < 1.29 is 14.7 Å². The largest absolute Gasteiger partial charge is 0.506 e. The summed E-state index contributed by atoms with van der Waals surface area (Å²) in [5, 5.41) is 13.0. The number of nitrogens with one attached hydrogen (secondary N) is 1. The molecule has 2 aromatic carbocycles. The Morgan fingerprint density at radius 1 is 0.840 bits per heavy atom. The molecule has 1 heterocycles. The van der Waals surface area contributed by atoms with Crippen molar-refractivity contribution in [2.45, 2.75) is 0 Å². The number of phenols is 1. The van der Waals surface area contributed by atoms with Gasteiger partial charge in [0.2, 0.25) is 0 Å². The highest BCUT2D eigenvalue weighted by atomic mass is 35.5. The molecular formula is C16H8Cl4N2O3. The zero-order valence-corrected chi connectivity index (χ0v) is 15.2. The number of imide groups is 1. The van der Waals surface area contributed by atoms with E-state index in [1.54, 1.807) is 0 Å². The number of carbonyl (C=O) groups is 2. The Kier molecular flexibility index (Phi) is 4.84. The van der Waals surface area contributed by atoms with E-state index < -0.39 is 11.8 Å². The molecule has 3 rings (SSSR count). The van der Waals surface area contributed by atoms with E-state index in [1.807, 2.05) is 0 Å². The fraction of sp³-hybridized carbons (Fsp3) is 0. The Morgan fingerprint density at radius 2 is 1.48 bits per heavy atom. The first-order chi connectivity index (χ1) is 11.8. The van der Waals surface area contributed by atoms with Gasteiger partial charge in [0.05, 0.1) is 11.4 Å². The van der Waals surface area contributed by atoms with Gasteiger partial charge in [-0.05, 0) is 36.4 Å². The third-order valence-electron chi connectivity index (χ3n) is 3.35. The normalized spacial score (nSPS) is 14.5. The number of benzene rings is 2. The van der Waals surface area contributed by atoms with Crippen LogP contribution in [-0.2, 0) is 9.59 Å². The van der Waals surface area contributed by atoms with E-state index in [4.69, 9.17) is 46.4 Å². The number of halogens is 4. The maximum Gasteiger partial charge on any atom is 0.283 e. The van der Waals surface area contributed by atoms with Gasteiger partial charge in [0.15, 0.2) is 0 Å². The van der Waals surface area contributed by atoms with Gasteiger partial charge in [-0.2, -0.15) is 0 Å². The first-order valence-electron chi connectivity index (χ1n) is 6.78. The maximum absolute atomic E-state index is 12.6. The number of aromatic hydroxyl groups is 1. The summed E-state index contributed by atoms with van der Waals surface area (Å²) in [4.78, 5) is 25.9. The molecule has 2 N–H and O–H groups in total. The summed E-state index contributed by atoms with van der Waals surface area (Å²) in [6, 6.07) is 8.50. The lowest BCUT2D eigenvalue weighted by atomic mass is 10.2. The zero-order chi connectivity index (χ0) is 18.3. The second kappa shape index (κ2) is 6.77. The summed E-state index contributed by atoms with van der Waals surface area (Å²) >= 11 is 23.7. The summed E-state index contributed by atoms with van der Waals surface area (Å²) in [6.07, 6.45) is 0. The monoisotopic (exact) mass is 416 g/mol. The van der Waals surface area contributed by atoms with Crippen molar-refractivity contribution in [2.75, 3.05) is 10.2 Å². The number of phenolic OH excluding ortho intramolecular Hbond substituents is 1. The first-order valence-corrected chi connectivity index (χ1v) is 8.29. The fourth-order valence-corrected chi connectivity index (χ4v) is 3.16. The molecule has 0 bridgehead atoms. The summed E-state index contributed by atoms with van der Waals surface area (Å²) in [7, 11) is 0. The van der Waals surface area contributed by atoms with Gasteiger partial charge in [-0.15, -0.1) is 0 Å². The van der Waals surface area contributed by atoms with Crippen LogP contribution >= 0.6 is 46.4 Å². The van der Waals surface area contributed by atoms with Gasteiger partial charge in [0, 0.05) is 15.1 Å². The van der Waals surface area contributed by atoms with Crippen LogP contribution in [0.3, 0.4) is 0 Å². The molecule has 25 heavy (non-hydrogen) atoms. The van der Waals surface area contributed by atoms with Gasteiger partial charge in [0.25, 0.3) is 11.8 Å². The maximum atomic E-state index is 12.6. The Labute approximate surface area is 162 Å². The molecule has 1 aliphatic rings. The third-order valence-corrected chi connectivity index (χ3v) is 4.37. The van der Waals surface area contributed by atoms with E-state index in [1.165, 1.54) is 36.4 Å². The van der Waals surface area contributed by atoms with E-state index >= 15 is 0 Å². The molecule has 128 valence electrons. The van der Waals surface area contributed by atoms with Crippen LogP contribution in [-0.4, -0.2) is 16.9 Å². The first kappa shape index (κ1) is 17.9. The second-order valence-corrected chi connectivity index (χ2v) is 6.74. The lowest BCUT2D eigenvalue weighted by molar-refractivity contribution is -0.120. The number of anilines is 2. The van der Waals surface area contributed by atoms with E-state index in [-0.39, 0.29) is 37.9 Å². The van der Waals surface area contributed by atoms with Crippen molar-refractivity contribution in [3.63, 3.8) is 0 Å². The molecule has 0 radical (unpaired) electrons. The SMILES string of the molecule is O=C1C(Cl)=C(Nc2cc(Cl)ccc2O)C(=O)N1c1cc(Cl)cc(Cl)c1. The van der Waals surface area contributed by atoms with Crippen molar-refractivity contribution in [1.82, 2.24) is 0 Å². The third kappa shape index (κ3) is 3.41. The molecule has 0 aliphatic carbocycles. The lowest BCUT2D eigenvalue weighted by Gasteiger charge is -2.16. The van der Waals surface area contributed by atoms with Crippen molar-refractivity contribution in [3.8, 4) is 5.75 Å². The van der Waals surface area contributed by atoms with Gasteiger partial charge in [-0.3, -0.25) is 9.59 Å². The molecule has 0 saturated carbocycles. The number of nitrogens with zero attached hydrogens (tertiary/aromatic N) is 1. The van der Waals surface area contributed by atoms with Crippen molar-refractivity contribution in [2.24, 2.45) is 0 Å². The van der Waals surface area contributed by atoms with Crippen LogP contribution in [0.15, 0.2) is 47.1 Å². The smallest absolute Gasteiger partial charge is 0.283 e. The van der Waals surface area contributed by atoms with Crippen LogP contribution in [0.5, 0.6) is 5.75 Å². The highest BCUT2D eigenvalue weighted by molar-refractivity contribution is 6.53. The van der Waals surface area contributed by atoms with Crippen LogP contribution in [0.25, 0.3) is 0 Å². The van der Waals surface area contributed by atoms with Crippen LogP contribution in [0.1, 0.15) is 0 Å². The van der Waals surface area contributed by atoms with Crippen molar-refractivity contribution >= 4 is 69.6 Å². The number of carbonyl (C=O) groups excluding carboxylic acids is 2. The van der Waals surface area contributed by atoms with Crippen LogP contribution in [0.2, 0.25) is 15.1 Å². The Morgan fingerprint density at radius 3 is 2.12 bits per heavy atom. The molecule has 0 aromatic heterocycles.